The quantitative estimate of drug-likeness (QED) is 0.787. The molecular formula is C18H17N5O2. The van der Waals surface area contributed by atoms with Gasteiger partial charge in [-0.2, -0.15) is 0 Å². The molecule has 7 heteroatoms. The molecule has 3 aromatic rings. The number of ketones is 1. The van der Waals surface area contributed by atoms with Gasteiger partial charge in [-0.25, -0.2) is 19.9 Å². The van der Waals surface area contributed by atoms with E-state index in [1.54, 1.807) is 13.3 Å². The first-order valence-electron chi connectivity index (χ1n) is 8.13. The minimum Gasteiger partial charge on any atom is -0.494 e. The molecule has 7 nitrogen and oxygen atoms in total. The van der Waals surface area contributed by atoms with Crippen LogP contribution in [0.5, 0.6) is 5.75 Å². The third-order valence-electron chi connectivity index (χ3n) is 4.31. The maximum absolute atomic E-state index is 11.9. The molecule has 1 aliphatic carbocycles. The zero-order valence-electron chi connectivity index (χ0n) is 14.0. The number of rotatable bonds is 3. The molecule has 25 heavy (non-hydrogen) atoms. The number of hydrogen-bond acceptors (Lipinski definition) is 7. The fourth-order valence-electron chi connectivity index (χ4n) is 3.05. The molecule has 2 heterocycles. The molecule has 0 saturated heterocycles. The summed E-state index contributed by atoms with van der Waals surface area (Å²) in [6.45, 7) is 1.92. The molecule has 0 atom stereocenters. The van der Waals surface area contributed by atoms with E-state index in [1.165, 1.54) is 0 Å². The Hall–Kier alpha value is -3.09. The van der Waals surface area contributed by atoms with Gasteiger partial charge in [0.05, 0.1) is 24.1 Å². The van der Waals surface area contributed by atoms with E-state index in [0.717, 1.165) is 35.1 Å². The fraction of sp³-hybridized carbons (Fsp3) is 0.278. The summed E-state index contributed by atoms with van der Waals surface area (Å²) in [4.78, 5) is 29.6. The number of hydrogen-bond donors (Lipinski definition) is 1. The Morgan fingerprint density at radius 3 is 2.84 bits per heavy atom. The molecule has 0 bridgehead atoms. The average Bonchev–Trinajstić information content (AvgIpc) is 2.61. The van der Waals surface area contributed by atoms with Crippen LogP contribution in [0.25, 0.3) is 10.9 Å². The van der Waals surface area contributed by atoms with Crippen LogP contribution in [-0.4, -0.2) is 32.8 Å². The van der Waals surface area contributed by atoms with Gasteiger partial charge >= 0.3 is 0 Å². The topological polar surface area (TPSA) is 89.9 Å². The van der Waals surface area contributed by atoms with Gasteiger partial charge in [-0.3, -0.25) is 10.1 Å². The van der Waals surface area contributed by atoms with Crippen LogP contribution in [0.1, 0.15) is 34.6 Å². The van der Waals surface area contributed by atoms with E-state index >= 15 is 0 Å². The Bertz CT molecular complexity index is 987. The van der Waals surface area contributed by atoms with E-state index in [-0.39, 0.29) is 5.78 Å². The van der Waals surface area contributed by atoms with Crippen molar-refractivity contribution in [2.75, 3.05) is 12.4 Å². The number of benzene rings is 1. The molecule has 1 aromatic carbocycles. The second-order valence-corrected chi connectivity index (χ2v) is 5.94. The van der Waals surface area contributed by atoms with Crippen molar-refractivity contribution in [2.24, 2.45) is 0 Å². The lowest BCUT2D eigenvalue weighted by Gasteiger charge is -2.14. The Morgan fingerprint density at radius 2 is 2.00 bits per heavy atom. The normalized spacial score (nSPS) is 13.6. The van der Waals surface area contributed by atoms with E-state index in [1.807, 2.05) is 25.1 Å². The highest BCUT2D eigenvalue weighted by Gasteiger charge is 2.19. The van der Waals surface area contributed by atoms with Crippen LogP contribution in [0.2, 0.25) is 0 Å². The van der Waals surface area contributed by atoms with Gasteiger partial charge < -0.3 is 4.74 Å². The zero-order valence-corrected chi connectivity index (χ0v) is 14.0. The molecule has 4 rings (SSSR count). The third-order valence-corrected chi connectivity index (χ3v) is 4.31. The van der Waals surface area contributed by atoms with Crippen molar-refractivity contribution >= 4 is 28.6 Å². The largest absolute Gasteiger partial charge is 0.494 e. The van der Waals surface area contributed by atoms with E-state index in [4.69, 9.17) is 4.74 Å². The highest BCUT2D eigenvalue weighted by atomic mass is 16.5. The zero-order chi connectivity index (χ0) is 17.4. The molecule has 0 radical (unpaired) electrons. The van der Waals surface area contributed by atoms with Crippen molar-refractivity contribution < 1.29 is 9.53 Å². The van der Waals surface area contributed by atoms with Gasteiger partial charge in [0.1, 0.15) is 11.3 Å². The third kappa shape index (κ3) is 2.77. The number of methoxy groups -OCH3 is 1. The minimum atomic E-state index is 0.107. The molecule has 2 aromatic heterocycles. The van der Waals surface area contributed by atoms with Gasteiger partial charge in [-0.15, -0.1) is 0 Å². The van der Waals surface area contributed by atoms with Gasteiger partial charge in [-0.05, 0) is 25.8 Å². The number of carbonyl (C=O) groups excluding carboxylic acids is 1. The van der Waals surface area contributed by atoms with Crippen molar-refractivity contribution in [1.29, 1.82) is 0 Å². The lowest BCUT2D eigenvalue weighted by atomic mass is 9.96. The number of Topliss-reactive ketones (excluding diaryl/α,β-unsaturated/α-hetero) is 1. The molecule has 0 aliphatic heterocycles. The second-order valence-electron chi connectivity index (χ2n) is 5.94. The van der Waals surface area contributed by atoms with Crippen molar-refractivity contribution in [1.82, 2.24) is 19.9 Å². The lowest BCUT2D eigenvalue weighted by molar-refractivity contribution is 0.0971. The standard InChI is InChI=1S/C18H17N5O2/c1-10-11-5-3-8-15(25-2)16(11)22-18(20-10)23-17-19-9-12-13(21-17)6-4-7-14(12)24/h3,5,8-9H,4,6-7H2,1-2H3,(H,19,20,21,22,23). The molecule has 0 spiro atoms. The summed E-state index contributed by atoms with van der Waals surface area (Å²) in [5, 5.41) is 3.97. The number of fused-ring (bicyclic) bond motifs is 2. The first-order chi connectivity index (χ1) is 12.2. The summed E-state index contributed by atoms with van der Waals surface area (Å²) in [6.07, 6.45) is 3.76. The molecule has 126 valence electrons. The highest BCUT2D eigenvalue weighted by Crippen LogP contribution is 2.27. The molecule has 0 saturated carbocycles. The van der Waals surface area contributed by atoms with E-state index < -0.39 is 0 Å². The molecule has 0 unspecified atom stereocenters. The molecule has 1 aliphatic rings. The summed E-state index contributed by atoms with van der Waals surface area (Å²) >= 11 is 0. The number of aromatic nitrogens is 4. The van der Waals surface area contributed by atoms with Crippen molar-refractivity contribution in [3.63, 3.8) is 0 Å². The number of anilines is 2. The number of nitrogens with one attached hydrogen (secondary N) is 1. The Morgan fingerprint density at radius 1 is 1.12 bits per heavy atom. The van der Waals surface area contributed by atoms with Crippen LogP contribution in [0.4, 0.5) is 11.9 Å². The first-order valence-corrected chi connectivity index (χ1v) is 8.13. The summed E-state index contributed by atoms with van der Waals surface area (Å²) in [6, 6.07) is 5.73. The van der Waals surface area contributed by atoms with Crippen molar-refractivity contribution in [2.45, 2.75) is 26.2 Å². The summed E-state index contributed by atoms with van der Waals surface area (Å²) < 4.78 is 5.39. The Balaban J connectivity index is 1.72. The average molecular weight is 335 g/mol. The molecule has 1 N–H and O–H groups in total. The first kappa shape index (κ1) is 15.4. The predicted molar refractivity (Wildman–Crippen MR) is 93.4 cm³/mol. The van der Waals surface area contributed by atoms with Gasteiger partial charge in [0.15, 0.2) is 5.78 Å². The Labute approximate surface area is 144 Å². The summed E-state index contributed by atoms with van der Waals surface area (Å²) in [7, 11) is 1.61. The Kier molecular flexibility index (Phi) is 3.76. The van der Waals surface area contributed by atoms with Crippen LogP contribution < -0.4 is 10.1 Å². The summed E-state index contributed by atoms with van der Waals surface area (Å²) in [5.74, 6) is 1.58. The van der Waals surface area contributed by atoms with Crippen LogP contribution in [0.3, 0.4) is 0 Å². The molecule has 0 fully saturated rings. The van der Waals surface area contributed by atoms with Gasteiger partial charge in [0, 0.05) is 18.0 Å². The number of nitrogens with zero attached hydrogens (tertiary/aromatic N) is 4. The van der Waals surface area contributed by atoms with Crippen LogP contribution in [0, 0.1) is 6.92 Å². The van der Waals surface area contributed by atoms with Crippen LogP contribution in [0.15, 0.2) is 24.4 Å². The van der Waals surface area contributed by atoms with Crippen molar-refractivity contribution in [3.05, 3.63) is 41.3 Å². The van der Waals surface area contributed by atoms with E-state index in [2.05, 4.69) is 25.3 Å². The van der Waals surface area contributed by atoms with E-state index in [9.17, 15) is 4.79 Å². The van der Waals surface area contributed by atoms with Gasteiger partial charge in [0.2, 0.25) is 11.9 Å². The monoisotopic (exact) mass is 335 g/mol. The van der Waals surface area contributed by atoms with Crippen LogP contribution in [-0.2, 0) is 6.42 Å². The number of ether oxygens (including phenoxy) is 1. The van der Waals surface area contributed by atoms with Gasteiger partial charge in [0.25, 0.3) is 0 Å². The van der Waals surface area contributed by atoms with Crippen molar-refractivity contribution in [3.8, 4) is 5.75 Å². The smallest absolute Gasteiger partial charge is 0.230 e. The molecule has 0 amide bonds. The number of carbonyl (C=O) groups is 1. The van der Waals surface area contributed by atoms with Gasteiger partial charge in [-0.1, -0.05) is 12.1 Å². The fourth-order valence-corrected chi connectivity index (χ4v) is 3.05. The number of aryl methyl sites for hydroxylation is 2. The van der Waals surface area contributed by atoms with Crippen LogP contribution >= 0.6 is 0 Å². The second kappa shape index (κ2) is 6.08. The predicted octanol–water partition coefficient (Wildman–Crippen LogP) is 3.00. The maximum atomic E-state index is 11.9. The maximum Gasteiger partial charge on any atom is 0.230 e. The van der Waals surface area contributed by atoms with E-state index in [0.29, 0.717) is 29.6 Å². The minimum absolute atomic E-state index is 0.107. The SMILES string of the molecule is COc1cccc2c(C)nc(Nc3ncc4c(n3)CCCC4=O)nc12. The lowest BCUT2D eigenvalue weighted by Crippen LogP contribution is -2.14. The number of para-hydroxylation sites is 1. The highest BCUT2D eigenvalue weighted by molar-refractivity contribution is 5.97. The summed E-state index contributed by atoms with van der Waals surface area (Å²) in [5.41, 5.74) is 2.96. The molecular weight excluding hydrogens is 318 g/mol.